The first-order valence-electron chi connectivity index (χ1n) is 5.65. The SMILES string of the molecule is CC1=C(C#N)C(c2ccc(Cl)cc2)NC(=O)N1C(=O)O. The van der Waals surface area contributed by atoms with Crippen molar-refractivity contribution in [2.24, 2.45) is 0 Å². The molecule has 2 N–H and O–H groups in total. The van der Waals surface area contributed by atoms with E-state index in [1.54, 1.807) is 24.3 Å². The van der Waals surface area contributed by atoms with Gasteiger partial charge in [0.15, 0.2) is 0 Å². The van der Waals surface area contributed by atoms with Crippen LogP contribution in [0.2, 0.25) is 5.02 Å². The van der Waals surface area contributed by atoms with E-state index in [1.807, 2.05) is 6.07 Å². The van der Waals surface area contributed by atoms with Gasteiger partial charge in [0, 0.05) is 10.7 Å². The largest absolute Gasteiger partial charge is 0.464 e. The Morgan fingerprint density at radius 2 is 2.05 bits per heavy atom. The third-order valence-electron chi connectivity index (χ3n) is 3.00. The average Bonchev–Trinajstić information content (AvgIpc) is 2.38. The molecule has 1 atom stereocenters. The molecule has 7 heteroatoms. The second kappa shape index (κ2) is 5.23. The molecule has 102 valence electrons. The summed E-state index contributed by atoms with van der Waals surface area (Å²) in [6.07, 6.45) is -1.43. The number of carbonyl (C=O) groups is 2. The molecule has 20 heavy (non-hydrogen) atoms. The summed E-state index contributed by atoms with van der Waals surface area (Å²) in [5.74, 6) is 0. The van der Waals surface area contributed by atoms with Crippen molar-refractivity contribution >= 4 is 23.7 Å². The molecule has 0 fully saturated rings. The summed E-state index contributed by atoms with van der Waals surface area (Å²) >= 11 is 5.79. The van der Waals surface area contributed by atoms with Crippen molar-refractivity contribution in [3.05, 3.63) is 46.1 Å². The first-order chi connectivity index (χ1) is 9.45. The number of halogens is 1. The summed E-state index contributed by atoms with van der Waals surface area (Å²) < 4.78 is 0. The van der Waals surface area contributed by atoms with Crippen molar-refractivity contribution in [2.75, 3.05) is 0 Å². The van der Waals surface area contributed by atoms with E-state index in [9.17, 15) is 14.9 Å². The van der Waals surface area contributed by atoms with Crippen LogP contribution in [0.25, 0.3) is 0 Å². The Balaban J connectivity index is 2.51. The minimum Gasteiger partial charge on any atom is -0.464 e. The predicted molar refractivity (Wildman–Crippen MR) is 70.9 cm³/mol. The van der Waals surface area contributed by atoms with Crippen molar-refractivity contribution in [3.8, 4) is 6.07 Å². The highest BCUT2D eigenvalue weighted by Crippen LogP contribution is 2.30. The van der Waals surface area contributed by atoms with Crippen molar-refractivity contribution in [1.29, 1.82) is 5.26 Å². The zero-order valence-corrected chi connectivity index (χ0v) is 11.2. The lowest BCUT2D eigenvalue weighted by Crippen LogP contribution is -2.48. The van der Waals surface area contributed by atoms with E-state index in [2.05, 4.69) is 5.32 Å². The summed E-state index contributed by atoms with van der Waals surface area (Å²) in [5, 5.41) is 21.2. The van der Waals surface area contributed by atoms with Crippen LogP contribution >= 0.6 is 11.6 Å². The van der Waals surface area contributed by atoms with Gasteiger partial charge in [-0.25, -0.2) is 14.5 Å². The monoisotopic (exact) mass is 291 g/mol. The molecule has 1 unspecified atom stereocenters. The lowest BCUT2D eigenvalue weighted by atomic mass is 9.96. The van der Waals surface area contributed by atoms with Crippen molar-refractivity contribution in [1.82, 2.24) is 10.2 Å². The van der Waals surface area contributed by atoms with Crippen LogP contribution in [-0.2, 0) is 0 Å². The van der Waals surface area contributed by atoms with E-state index < -0.39 is 18.2 Å². The number of carbonyl (C=O) groups excluding carboxylic acids is 1. The maximum Gasteiger partial charge on any atom is 0.419 e. The Bertz CT molecular complexity index is 646. The molecule has 1 aromatic rings. The van der Waals surface area contributed by atoms with Crippen molar-refractivity contribution in [2.45, 2.75) is 13.0 Å². The van der Waals surface area contributed by atoms with Gasteiger partial charge in [0.2, 0.25) is 0 Å². The molecule has 1 aromatic carbocycles. The normalized spacial score (nSPS) is 18.6. The van der Waals surface area contributed by atoms with Gasteiger partial charge in [0.1, 0.15) is 0 Å². The molecule has 2 rings (SSSR count). The molecular weight excluding hydrogens is 282 g/mol. The maximum absolute atomic E-state index is 11.8. The average molecular weight is 292 g/mol. The van der Waals surface area contributed by atoms with E-state index in [-0.39, 0.29) is 11.3 Å². The Kier molecular flexibility index (Phi) is 3.63. The predicted octanol–water partition coefficient (Wildman–Crippen LogP) is 2.88. The van der Waals surface area contributed by atoms with Gasteiger partial charge < -0.3 is 10.4 Å². The van der Waals surface area contributed by atoms with Crippen molar-refractivity contribution in [3.63, 3.8) is 0 Å². The Morgan fingerprint density at radius 1 is 1.45 bits per heavy atom. The molecule has 0 saturated heterocycles. The second-order valence-corrected chi connectivity index (χ2v) is 4.60. The van der Waals surface area contributed by atoms with Gasteiger partial charge in [-0.2, -0.15) is 5.26 Å². The minimum absolute atomic E-state index is 0.101. The number of benzene rings is 1. The third kappa shape index (κ3) is 2.31. The highest BCUT2D eigenvalue weighted by molar-refractivity contribution is 6.30. The van der Waals surface area contributed by atoms with Crippen LogP contribution in [0.3, 0.4) is 0 Å². The number of nitrogens with zero attached hydrogens (tertiary/aromatic N) is 2. The van der Waals surface area contributed by atoms with Gasteiger partial charge in [-0.15, -0.1) is 0 Å². The van der Waals surface area contributed by atoms with E-state index in [4.69, 9.17) is 16.7 Å². The highest BCUT2D eigenvalue weighted by Gasteiger charge is 2.35. The van der Waals surface area contributed by atoms with Crippen LogP contribution < -0.4 is 5.32 Å². The molecule has 1 aliphatic rings. The Hall–Kier alpha value is -2.52. The van der Waals surface area contributed by atoms with Crippen LogP contribution in [0.1, 0.15) is 18.5 Å². The van der Waals surface area contributed by atoms with E-state index in [0.717, 1.165) is 0 Å². The molecule has 1 aliphatic heterocycles. The van der Waals surface area contributed by atoms with Gasteiger partial charge in [0.25, 0.3) is 0 Å². The van der Waals surface area contributed by atoms with E-state index in [0.29, 0.717) is 15.5 Å². The topological polar surface area (TPSA) is 93.4 Å². The fourth-order valence-electron chi connectivity index (χ4n) is 2.02. The number of nitriles is 1. The fourth-order valence-corrected chi connectivity index (χ4v) is 2.15. The Morgan fingerprint density at radius 3 is 2.55 bits per heavy atom. The Labute approximate surface area is 119 Å². The number of nitrogens with one attached hydrogen (secondary N) is 1. The number of imide groups is 1. The molecule has 6 nitrogen and oxygen atoms in total. The van der Waals surface area contributed by atoms with Crippen LogP contribution in [0.15, 0.2) is 35.5 Å². The molecule has 0 aromatic heterocycles. The number of hydrogen-bond acceptors (Lipinski definition) is 3. The quantitative estimate of drug-likeness (QED) is 0.832. The molecule has 3 amide bonds. The number of hydrogen-bond donors (Lipinski definition) is 2. The second-order valence-electron chi connectivity index (χ2n) is 4.16. The molecule has 0 bridgehead atoms. The molecular formula is C13H10ClN3O3. The molecule has 1 heterocycles. The summed E-state index contributed by atoms with van der Waals surface area (Å²) in [6, 6.07) is 7.11. The standard InChI is InChI=1S/C13H10ClN3O3/c1-7-10(6-15)11(8-2-4-9(14)5-3-8)16-12(18)17(7)13(19)20/h2-5,11H,1H3,(H,16,18)(H,19,20). The van der Waals surface area contributed by atoms with Gasteiger partial charge in [0.05, 0.1) is 17.7 Å². The van der Waals surface area contributed by atoms with Crippen LogP contribution in [-0.4, -0.2) is 22.1 Å². The van der Waals surface area contributed by atoms with E-state index >= 15 is 0 Å². The first-order valence-corrected chi connectivity index (χ1v) is 6.03. The molecule has 0 aliphatic carbocycles. The molecule has 0 radical (unpaired) electrons. The molecule has 0 saturated carbocycles. The lowest BCUT2D eigenvalue weighted by Gasteiger charge is -2.30. The number of rotatable bonds is 1. The summed E-state index contributed by atoms with van der Waals surface area (Å²) in [6.45, 7) is 1.42. The van der Waals surface area contributed by atoms with Crippen LogP contribution in [0, 0.1) is 11.3 Å². The van der Waals surface area contributed by atoms with Gasteiger partial charge in [-0.3, -0.25) is 0 Å². The van der Waals surface area contributed by atoms with Gasteiger partial charge in [-0.05, 0) is 24.6 Å². The minimum atomic E-state index is -1.43. The molecule has 0 spiro atoms. The zero-order chi connectivity index (χ0) is 14.9. The maximum atomic E-state index is 11.8. The summed E-state index contributed by atoms with van der Waals surface area (Å²) in [5.41, 5.74) is 0.932. The van der Waals surface area contributed by atoms with Gasteiger partial charge in [-0.1, -0.05) is 23.7 Å². The summed E-state index contributed by atoms with van der Waals surface area (Å²) in [7, 11) is 0. The zero-order valence-electron chi connectivity index (χ0n) is 10.4. The van der Waals surface area contributed by atoms with E-state index in [1.165, 1.54) is 6.92 Å². The smallest absolute Gasteiger partial charge is 0.419 e. The number of allylic oxidation sites excluding steroid dienone is 1. The number of carboxylic acid groups (broad SMARTS) is 1. The number of amides is 3. The van der Waals surface area contributed by atoms with Gasteiger partial charge >= 0.3 is 12.1 Å². The van der Waals surface area contributed by atoms with Crippen LogP contribution in [0.4, 0.5) is 9.59 Å². The van der Waals surface area contributed by atoms with Crippen molar-refractivity contribution < 1.29 is 14.7 Å². The first kappa shape index (κ1) is 13.9. The highest BCUT2D eigenvalue weighted by atomic mass is 35.5. The third-order valence-corrected chi connectivity index (χ3v) is 3.25. The fraction of sp³-hybridized carbons (Fsp3) is 0.154. The van der Waals surface area contributed by atoms with Crippen LogP contribution in [0.5, 0.6) is 0 Å². The summed E-state index contributed by atoms with van der Waals surface area (Å²) in [4.78, 5) is 23.4. The number of urea groups is 1. The lowest BCUT2D eigenvalue weighted by molar-refractivity contribution is 0.155.